The van der Waals surface area contributed by atoms with Gasteiger partial charge in [-0.15, -0.1) is 0 Å². The lowest BCUT2D eigenvalue weighted by atomic mass is 10.0. The number of rotatable bonds is 41. The Balaban J connectivity index is 4.70. The largest absolute Gasteiger partial charge is 0.458 e. The van der Waals surface area contributed by atoms with Gasteiger partial charge in [0.25, 0.3) is 0 Å². The van der Waals surface area contributed by atoms with Crippen molar-refractivity contribution in [2.75, 3.05) is 6.61 Å². The van der Waals surface area contributed by atoms with Crippen molar-refractivity contribution in [3.05, 3.63) is 72.9 Å². The van der Waals surface area contributed by atoms with Crippen LogP contribution in [0, 0.1) is 0 Å². The van der Waals surface area contributed by atoms with Gasteiger partial charge in [0, 0.05) is 6.42 Å². The zero-order valence-electron chi connectivity index (χ0n) is 37.2. The first-order chi connectivity index (χ1) is 28.0. The third-order valence-corrected chi connectivity index (χ3v) is 10.4. The van der Waals surface area contributed by atoms with Crippen LogP contribution >= 0.6 is 0 Å². The minimum atomic E-state index is -0.816. The number of aliphatic hydroxyl groups is 2. The Bertz CT molecular complexity index is 1070. The first-order valence-corrected chi connectivity index (χ1v) is 23.7. The lowest BCUT2D eigenvalue weighted by molar-refractivity contribution is -0.148. The molecule has 6 nitrogen and oxygen atoms in total. The Morgan fingerprint density at radius 1 is 0.561 bits per heavy atom. The standard InChI is InChI=1S/C51H89NO5/c1-4-7-10-13-16-19-22-24-25-26-29-32-35-38-41-44-51(56)57-47(42-39-36-33-30-27-21-18-15-12-9-6-3)45-50(55)52-48(46-53)49(54)43-40-37-34-31-28-23-20-17-14-11-8-5-2/h7,10,13,16,19,22,24-25,30,33,39,42,47-49,53-54H,4-6,8-9,11-12,14-15,17-18,20-21,23,26-29,31-32,34-38,40-41,43-46H2,1-3H3,(H,52,55)/b10-7+,16-13+,22-19+,25-24-,33-30-,42-39+. The van der Waals surface area contributed by atoms with Gasteiger partial charge in [-0.05, 0) is 57.4 Å². The van der Waals surface area contributed by atoms with E-state index in [4.69, 9.17) is 4.74 Å². The van der Waals surface area contributed by atoms with E-state index in [2.05, 4.69) is 68.6 Å². The lowest BCUT2D eigenvalue weighted by Crippen LogP contribution is -2.46. The number of unbranched alkanes of at least 4 members (excludes halogenated alkanes) is 22. The number of ether oxygens (including phenoxy) is 1. The number of hydrogen-bond acceptors (Lipinski definition) is 5. The summed E-state index contributed by atoms with van der Waals surface area (Å²) in [5.74, 6) is -0.635. The molecule has 3 N–H and O–H groups in total. The molecule has 6 heteroatoms. The van der Waals surface area contributed by atoms with E-state index >= 15 is 0 Å². The summed E-state index contributed by atoms with van der Waals surface area (Å²) in [6.45, 7) is 6.28. The Morgan fingerprint density at radius 3 is 1.61 bits per heavy atom. The van der Waals surface area contributed by atoms with E-state index in [0.717, 1.165) is 70.6 Å². The monoisotopic (exact) mass is 796 g/mol. The highest BCUT2D eigenvalue weighted by atomic mass is 16.5. The molecule has 3 atom stereocenters. The smallest absolute Gasteiger partial charge is 0.306 e. The molecule has 0 radical (unpaired) electrons. The molecule has 57 heavy (non-hydrogen) atoms. The molecule has 0 rings (SSSR count). The van der Waals surface area contributed by atoms with Crippen LogP contribution in [0.1, 0.15) is 213 Å². The van der Waals surface area contributed by atoms with Gasteiger partial charge in [-0.1, -0.05) is 216 Å². The fourth-order valence-corrected chi connectivity index (χ4v) is 6.76. The summed E-state index contributed by atoms with van der Waals surface area (Å²) in [5.41, 5.74) is 0. The van der Waals surface area contributed by atoms with Crippen LogP contribution in [0.4, 0.5) is 0 Å². The summed E-state index contributed by atoms with van der Waals surface area (Å²) >= 11 is 0. The molecule has 0 bridgehead atoms. The van der Waals surface area contributed by atoms with Gasteiger partial charge in [-0.2, -0.15) is 0 Å². The van der Waals surface area contributed by atoms with Crippen molar-refractivity contribution in [1.82, 2.24) is 5.32 Å². The Hall–Kier alpha value is -2.70. The number of carbonyl (C=O) groups excluding carboxylic acids is 2. The van der Waals surface area contributed by atoms with Crippen molar-refractivity contribution in [2.45, 2.75) is 232 Å². The molecule has 0 aromatic heterocycles. The third kappa shape index (κ3) is 39.9. The summed E-state index contributed by atoms with van der Waals surface area (Å²) < 4.78 is 5.80. The molecular formula is C51H89NO5. The topological polar surface area (TPSA) is 95.9 Å². The van der Waals surface area contributed by atoms with Crippen LogP contribution in [0.25, 0.3) is 0 Å². The summed E-state index contributed by atoms with van der Waals surface area (Å²) in [6.07, 6.45) is 55.6. The minimum absolute atomic E-state index is 0.0412. The van der Waals surface area contributed by atoms with Crippen molar-refractivity contribution in [3.8, 4) is 0 Å². The van der Waals surface area contributed by atoms with Crippen molar-refractivity contribution in [2.24, 2.45) is 0 Å². The van der Waals surface area contributed by atoms with Gasteiger partial charge in [0.1, 0.15) is 6.10 Å². The van der Waals surface area contributed by atoms with Gasteiger partial charge in [-0.3, -0.25) is 9.59 Å². The molecular weight excluding hydrogens is 707 g/mol. The van der Waals surface area contributed by atoms with Crippen LogP contribution in [0.5, 0.6) is 0 Å². The SMILES string of the molecule is CC/C=C/C=C/C=C/C=C\CCCCCCCC(=O)OC(/C=C/C/C=C\CCCCCCCC)CC(=O)NC(CO)C(O)CCCCCCCCCCCCCC. The second-order valence-electron chi connectivity index (χ2n) is 15.9. The second-order valence-corrected chi connectivity index (χ2v) is 15.9. The molecule has 0 aromatic carbocycles. The summed E-state index contributed by atoms with van der Waals surface area (Å²) in [4.78, 5) is 26.0. The average Bonchev–Trinajstić information content (AvgIpc) is 3.20. The number of nitrogens with one attached hydrogen (secondary N) is 1. The first kappa shape index (κ1) is 54.3. The van der Waals surface area contributed by atoms with Gasteiger partial charge < -0.3 is 20.3 Å². The molecule has 3 unspecified atom stereocenters. The van der Waals surface area contributed by atoms with Crippen molar-refractivity contribution in [3.63, 3.8) is 0 Å². The summed E-state index contributed by atoms with van der Waals surface area (Å²) in [5, 5.41) is 23.6. The lowest BCUT2D eigenvalue weighted by Gasteiger charge is -2.23. The molecule has 0 spiro atoms. The molecule has 0 aliphatic heterocycles. The van der Waals surface area contributed by atoms with Gasteiger partial charge >= 0.3 is 5.97 Å². The van der Waals surface area contributed by atoms with Crippen molar-refractivity contribution >= 4 is 11.9 Å². The minimum Gasteiger partial charge on any atom is -0.458 e. The second kappa shape index (κ2) is 44.4. The normalized spacial score (nSPS) is 14.0. The summed E-state index contributed by atoms with van der Waals surface area (Å²) in [7, 11) is 0. The van der Waals surface area contributed by atoms with Crippen LogP contribution in [0.2, 0.25) is 0 Å². The van der Waals surface area contributed by atoms with E-state index in [1.807, 2.05) is 30.4 Å². The number of aliphatic hydroxyl groups excluding tert-OH is 2. The summed E-state index contributed by atoms with van der Waals surface area (Å²) in [6, 6.07) is -0.738. The van der Waals surface area contributed by atoms with Crippen LogP contribution in [0.3, 0.4) is 0 Å². The molecule has 1 amide bonds. The van der Waals surface area contributed by atoms with E-state index < -0.39 is 18.2 Å². The number of allylic oxidation sites excluding steroid dienone is 11. The van der Waals surface area contributed by atoms with Gasteiger partial charge in [0.15, 0.2) is 0 Å². The van der Waals surface area contributed by atoms with Gasteiger partial charge in [-0.25, -0.2) is 0 Å². The van der Waals surface area contributed by atoms with Gasteiger partial charge in [0.2, 0.25) is 5.91 Å². The highest BCUT2D eigenvalue weighted by Crippen LogP contribution is 2.15. The van der Waals surface area contributed by atoms with Crippen LogP contribution in [0.15, 0.2) is 72.9 Å². The fourth-order valence-electron chi connectivity index (χ4n) is 6.76. The zero-order valence-corrected chi connectivity index (χ0v) is 37.2. The van der Waals surface area contributed by atoms with E-state index in [-0.39, 0.29) is 24.9 Å². The van der Waals surface area contributed by atoms with E-state index in [9.17, 15) is 19.8 Å². The molecule has 0 fully saturated rings. The quantitative estimate of drug-likeness (QED) is 0.0248. The highest BCUT2D eigenvalue weighted by molar-refractivity contribution is 5.78. The number of hydrogen-bond donors (Lipinski definition) is 3. The fraction of sp³-hybridized carbons (Fsp3) is 0.725. The molecule has 0 aliphatic carbocycles. The average molecular weight is 796 g/mol. The predicted molar refractivity (Wildman–Crippen MR) is 245 cm³/mol. The van der Waals surface area contributed by atoms with E-state index in [0.29, 0.717) is 19.3 Å². The van der Waals surface area contributed by atoms with Crippen LogP contribution < -0.4 is 5.32 Å². The molecule has 0 aliphatic rings. The van der Waals surface area contributed by atoms with Crippen molar-refractivity contribution in [1.29, 1.82) is 0 Å². The maximum Gasteiger partial charge on any atom is 0.306 e. The maximum absolute atomic E-state index is 13.1. The molecule has 0 saturated carbocycles. The Morgan fingerprint density at radius 2 is 1.05 bits per heavy atom. The number of carbonyl (C=O) groups is 2. The Labute approximate surface area is 351 Å². The molecule has 328 valence electrons. The first-order valence-electron chi connectivity index (χ1n) is 23.7. The maximum atomic E-state index is 13.1. The van der Waals surface area contributed by atoms with E-state index in [1.165, 1.54) is 96.3 Å². The highest BCUT2D eigenvalue weighted by Gasteiger charge is 2.23. The van der Waals surface area contributed by atoms with E-state index in [1.54, 1.807) is 0 Å². The molecule has 0 heterocycles. The zero-order chi connectivity index (χ0) is 41.7. The number of amides is 1. The number of esters is 1. The third-order valence-electron chi connectivity index (χ3n) is 10.4. The molecule has 0 saturated heterocycles. The van der Waals surface area contributed by atoms with Crippen LogP contribution in [-0.2, 0) is 14.3 Å². The van der Waals surface area contributed by atoms with Gasteiger partial charge in [0.05, 0.1) is 25.2 Å². The van der Waals surface area contributed by atoms with Crippen molar-refractivity contribution < 1.29 is 24.5 Å². The van der Waals surface area contributed by atoms with Crippen LogP contribution in [-0.4, -0.2) is 46.9 Å². The predicted octanol–water partition coefficient (Wildman–Crippen LogP) is 13.8. The molecule has 0 aromatic rings. The Kier molecular flexibility index (Phi) is 42.3.